The minimum Gasteiger partial charge on any atom is -0.398 e. The van der Waals surface area contributed by atoms with Gasteiger partial charge in [-0.15, -0.1) is 0 Å². The van der Waals surface area contributed by atoms with Crippen molar-refractivity contribution in [1.29, 1.82) is 0 Å². The molecule has 1 saturated heterocycles. The van der Waals surface area contributed by atoms with E-state index in [2.05, 4.69) is 4.98 Å². The Morgan fingerprint density at radius 1 is 1.26 bits per heavy atom. The van der Waals surface area contributed by atoms with E-state index in [0.29, 0.717) is 4.90 Å². The first-order valence-corrected chi connectivity index (χ1v) is 7.54. The third kappa shape index (κ3) is 2.59. The molecular formula is C12H17BFNO3S. The Morgan fingerprint density at radius 2 is 1.79 bits per heavy atom. The molecule has 0 saturated carbocycles. The maximum absolute atomic E-state index is 14.0. The first-order valence-electron chi connectivity index (χ1n) is 5.98. The Hall–Kier alpha value is -0.785. The Labute approximate surface area is 115 Å². The Bertz CT molecular complexity index is 520. The van der Waals surface area contributed by atoms with Crippen molar-refractivity contribution in [3.05, 3.63) is 18.1 Å². The van der Waals surface area contributed by atoms with Crippen LogP contribution in [-0.2, 0) is 20.1 Å². The predicted molar refractivity (Wildman–Crippen MR) is 72.2 cm³/mol. The zero-order chi connectivity index (χ0) is 14.4. The van der Waals surface area contributed by atoms with Crippen LogP contribution in [0.2, 0.25) is 0 Å². The van der Waals surface area contributed by atoms with Crippen LogP contribution < -0.4 is 5.59 Å². The van der Waals surface area contributed by atoms with Gasteiger partial charge < -0.3 is 9.31 Å². The van der Waals surface area contributed by atoms with Crippen LogP contribution in [0.15, 0.2) is 17.2 Å². The highest BCUT2D eigenvalue weighted by molar-refractivity contribution is 7.84. The average molecular weight is 285 g/mol. The van der Waals surface area contributed by atoms with Crippen LogP contribution in [0.4, 0.5) is 4.39 Å². The molecule has 1 aromatic heterocycles. The molecule has 0 radical (unpaired) electrons. The molecule has 7 heteroatoms. The molecular weight excluding hydrogens is 268 g/mol. The fourth-order valence-electron chi connectivity index (χ4n) is 1.72. The van der Waals surface area contributed by atoms with E-state index in [9.17, 15) is 8.60 Å². The lowest BCUT2D eigenvalue weighted by atomic mass is 9.84. The van der Waals surface area contributed by atoms with Gasteiger partial charge in [0.05, 0.1) is 26.9 Å². The summed E-state index contributed by atoms with van der Waals surface area (Å²) in [6.45, 7) is 7.56. The fourth-order valence-corrected chi connectivity index (χ4v) is 2.19. The van der Waals surface area contributed by atoms with Gasteiger partial charge in [0.1, 0.15) is 11.4 Å². The molecule has 0 amide bonds. The summed E-state index contributed by atoms with van der Waals surface area (Å²) in [5.74, 6) is -0.564. The molecule has 1 atom stereocenters. The van der Waals surface area contributed by atoms with Gasteiger partial charge in [-0.1, -0.05) is 0 Å². The van der Waals surface area contributed by atoms with Crippen LogP contribution >= 0.6 is 0 Å². The summed E-state index contributed by atoms with van der Waals surface area (Å²) in [6, 6.07) is 1.21. The van der Waals surface area contributed by atoms with E-state index < -0.39 is 34.9 Å². The van der Waals surface area contributed by atoms with Gasteiger partial charge in [0.15, 0.2) is 0 Å². The van der Waals surface area contributed by atoms with Crippen LogP contribution in [-0.4, -0.2) is 33.8 Å². The predicted octanol–water partition coefficient (Wildman–Crippen LogP) is 1.26. The molecule has 1 aliphatic heterocycles. The van der Waals surface area contributed by atoms with Crippen LogP contribution in [0, 0.1) is 5.82 Å². The first kappa shape index (κ1) is 14.6. The maximum Gasteiger partial charge on any atom is 0.517 e. The summed E-state index contributed by atoms with van der Waals surface area (Å²) in [4.78, 5) is 4.34. The minimum absolute atomic E-state index is 0.0906. The molecule has 0 bridgehead atoms. The molecule has 0 aliphatic carbocycles. The van der Waals surface area contributed by atoms with Gasteiger partial charge in [-0.3, -0.25) is 9.19 Å². The molecule has 104 valence electrons. The van der Waals surface area contributed by atoms with E-state index in [1.54, 1.807) is 0 Å². The van der Waals surface area contributed by atoms with E-state index in [4.69, 9.17) is 9.31 Å². The number of aromatic nitrogens is 1. The lowest BCUT2D eigenvalue weighted by Crippen LogP contribution is -2.41. The highest BCUT2D eigenvalue weighted by Gasteiger charge is 2.53. The molecule has 2 heterocycles. The van der Waals surface area contributed by atoms with Crippen molar-refractivity contribution in [1.82, 2.24) is 4.98 Å². The number of hydrogen-bond donors (Lipinski definition) is 0. The standard InChI is InChI=1S/C12H17BFNO3S/c1-11(2)12(3,4)18-13(17-11)10-9(14)6-8(7-15-10)19(5)16/h6-7H,1-5H3. The van der Waals surface area contributed by atoms with E-state index in [0.717, 1.165) is 0 Å². The first-order chi connectivity index (χ1) is 8.64. The SMILES string of the molecule is CS(=O)c1cnc(B2OC(C)(C)C(C)(C)O2)c(F)c1. The van der Waals surface area contributed by atoms with Gasteiger partial charge in [-0.2, -0.15) is 0 Å². The quantitative estimate of drug-likeness (QED) is 0.767. The van der Waals surface area contributed by atoms with Crippen molar-refractivity contribution < 1.29 is 17.9 Å². The Morgan fingerprint density at radius 3 is 2.21 bits per heavy atom. The molecule has 19 heavy (non-hydrogen) atoms. The summed E-state index contributed by atoms with van der Waals surface area (Å²) >= 11 is 0. The number of pyridine rings is 1. The largest absolute Gasteiger partial charge is 0.517 e. The summed E-state index contributed by atoms with van der Waals surface area (Å²) < 4.78 is 36.7. The van der Waals surface area contributed by atoms with Gasteiger partial charge in [0.25, 0.3) is 0 Å². The van der Waals surface area contributed by atoms with Crippen molar-refractivity contribution in [3.8, 4) is 0 Å². The van der Waals surface area contributed by atoms with E-state index in [-0.39, 0.29) is 5.59 Å². The van der Waals surface area contributed by atoms with Gasteiger partial charge >= 0.3 is 7.12 Å². The number of nitrogens with zero attached hydrogens (tertiary/aromatic N) is 1. The Kier molecular flexibility index (Phi) is 3.57. The van der Waals surface area contributed by atoms with E-state index in [1.807, 2.05) is 27.7 Å². The molecule has 0 spiro atoms. The van der Waals surface area contributed by atoms with Gasteiger partial charge in [-0.05, 0) is 33.8 Å². The molecule has 1 unspecified atom stereocenters. The van der Waals surface area contributed by atoms with Crippen molar-refractivity contribution in [2.75, 3.05) is 6.26 Å². The summed E-state index contributed by atoms with van der Waals surface area (Å²) in [6.07, 6.45) is 2.87. The number of hydrogen-bond acceptors (Lipinski definition) is 4. The molecule has 2 rings (SSSR count). The normalized spacial score (nSPS) is 22.5. The zero-order valence-electron chi connectivity index (χ0n) is 11.7. The van der Waals surface area contributed by atoms with Crippen LogP contribution in [0.1, 0.15) is 27.7 Å². The van der Waals surface area contributed by atoms with E-state index >= 15 is 0 Å². The molecule has 1 aliphatic rings. The second kappa shape index (κ2) is 4.65. The van der Waals surface area contributed by atoms with Crippen molar-refractivity contribution in [3.63, 3.8) is 0 Å². The molecule has 1 aromatic rings. The second-order valence-corrected chi connectivity index (χ2v) is 6.96. The molecule has 1 fully saturated rings. The average Bonchev–Trinajstić information content (AvgIpc) is 2.47. The summed E-state index contributed by atoms with van der Waals surface area (Å²) in [5.41, 5.74) is -0.997. The number of rotatable bonds is 2. The highest BCUT2D eigenvalue weighted by atomic mass is 32.2. The van der Waals surface area contributed by atoms with Gasteiger partial charge in [0.2, 0.25) is 0 Å². The minimum atomic E-state index is -1.26. The number of halogens is 1. The maximum atomic E-state index is 14.0. The third-order valence-corrected chi connectivity index (χ3v) is 4.54. The zero-order valence-corrected chi connectivity index (χ0v) is 12.5. The lowest BCUT2D eigenvalue weighted by Gasteiger charge is -2.32. The van der Waals surface area contributed by atoms with Crippen molar-refractivity contribution >= 4 is 23.5 Å². The lowest BCUT2D eigenvalue weighted by molar-refractivity contribution is 0.00578. The third-order valence-electron chi connectivity index (χ3n) is 3.65. The molecule has 0 N–H and O–H groups in total. The van der Waals surface area contributed by atoms with Gasteiger partial charge in [0, 0.05) is 12.5 Å². The van der Waals surface area contributed by atoms with Crippen LogP contribution in [0.3, 0.4) is 0 Å². The summed E-state index contributed by atoms with van der Waals surface area (Å²) in [5, 5.41) is 0. The monoisotopic (exact) mass is 285 g/mol. The van der Waals surface area contributed by atoms with E-state index in [1.165, 1.54) is 18.5 Å². The van der Waals surface area contributed by atoms with Gasteiger partial charge in [-0.25, -0.2) is 4.39 Å². The topological polar surface area (TPSA) is 48.4 Å². The molecule has 0 aromatic carbocycles. The van der Waals surface area contributed by atoms with Crippen molar-refractivity contribution in [2.45, 2.75) is 43.8 Å². The summed E-state index contributed by atoms with van der Waals surface area (Å²) in [7, 11) is -2.11. The molecule has 4 nitrogen and oxygen atoms in total. The van der Waals surface area contributed by atoms with Crippen molar-refractivity contribution in [2.24, 2.45) is 0 Å². The second-order valence-electron chi connectivity index (χ2n) is 5.58. The Balaban J connectivity index is 2.33. The highest BCUT2D eigenvalue weighted by Crippen LogP contribution is 2.36. The van der Waals surface area contributed by atoms with Crippen LogP contribution in [0.25, 0.3) is 0 Å². The fraction of sp³-hybridized carbons (Fsp3) is 0.583. The van der Waals surface area contributed by atoms with Crippen LogP contribution in [0.5, 0.6) is 0 Å². The smallest absolute Gasteiger partial charge is 0.398 e.